The Balaban J connectivity index is 1.27. The quantitative estimate of drug-likeness (QED) is 0.340. The fraction of sp³-hybridized carbons (Fsp3) is 0.500. The standard InChI is InChI=1S/C30H31F3N6OS/c1-16-14-41-22-5-7-34-27(23(16)22)24-21(32)9-20-26(25(24)33)36-29(37-28(20)38-12-18-3-4-19(13-38)35-18)40-15-30-6-2-8-39(30)11-17(31)10-30/h5,7,9,14,17-19,35H,2-4,6,8,10-13,15H2,1H3/t17-,18?,19?,30+/m1/s1. The first-order chi connectivity index (χ1) is 19.9. The first-order valence-electron chi connectivity index (χ1n) is 14.4. The molecule has 41 heavy (non-hydrogen) atoms. The summed E-state index contributed by atoms with van der Waals surface area (Å²) in [5.74, 6) is -0.999. The van der Waals surface area contributed by atoms with E-state index >= 15 is 8.78 Å². The zero-order valence-electron chi connectivity index (χ0n) is 22.8. The fourth-order valence-electron chi connectivity index (χ4n) is 7.62. The Hall–Kier alpha value is -3.02. The molecule has 0 amide bonds. The van der Waals surface area contributed by atoms with E-state index in [1.807, 2.05) is 18.4 Å². The summed E-state index contributed by atoms with van der Waals surface area (Å²) >= 11 is 1.52. The molecule has 0 saturated carbocycles. The van der Waals surface area contributed by atoms with Crippen LogP contribution >= 0.6 is 11.3 Å². The van der Waals surface area contributed by atoms with E-state index in [2.05, 4.69) is 25.1 Å². The van der Waals surface area contributed by atoms with Crippen molar-refractivity contribution in [3.63, 3.8) is 0 Å². The van der Waals surface area contributed by atoms with E-state index in [9.17, 15) is 4.39 Å². The van der Waals surface area contributed by atoms with Gasteiger partial charge in [-0.15, -0.1) is 11.3 Å². The topological polar surface area (TPSA) is 66.4 Å². The summed E-state index contributed by atoms with van der Waals surface area (Å²) in [4.78, 5) is 18.0. The number of anilines is 1. The predicted octanol–water partition coefficient (Wildman–Crippen LogP) is 5.39. The zero-order valence-corrected chi connectivity index (χ0v) is 23.6. The minimum atomic E-state index is -0.887. The van der Waals surface area contributed by atoms with Gasteiger partial charge in [-0.1, -0.05) is 0 Å². The normalized spacial score (nSPS) is 27.8. The molecule has 4 saturated heterocycles. The number of rotatable bonds is 5. The molecule has 4 aliphatic rings. The van der Waals surface area contributed by atoms with E-state index in [0.717, 1.165) is 47.9 Å². The third kappa shape index (κ3) is 4.11. The van der Waals surface area contributed by atoms with Crippen molar-refractivity contribution in [3.8, 4) is 17.3 Å². The van der Waals surface area contributed by atoms with Gasteiger partial charge < -0.3 is 15.0 Å². The summed E-state index contributed by atoms with van der Waals surface area (Å²) in [7, 11) is 0. The largest absolute Gasteiger partial charge is 0.461 e. The molecular weight excluding hydrogens is 549 g/mol. The molecule has 1 N–H and O–H groups in total. The molecule has 0 aliphatic carbocycles. The van der Waals surface area contributed by atoms with Crippen molar-refractivity contribution >= 4 is 38.1 Å². The van der Waals surface area contributed by atoms with E-state index in [-0.39, 0.29) is 29.4 Å². The third-order valence-corrected chi connectivity index (χ3v) is 10.6. The Morgan fingerprint density at radius 1 is 1.17 bits per heavy atom. The number of alkyl halides is 1. The van der Waals surface area contributed by atoms with Gasteiger partial charge >= 0.3 is 6.01 Å². The van der Waals surface area contributed by atoms with Crippen LogP contribution in [-0.4, -0.2) is 76.4 Å². The molecule has 7 nitrogen and oxygen atoms in total. The number of fused-ring (bicyclic) bond motifs is 5. The summed E-state index contributed by atoms with van der Waals surface area (Å²) in [6.45, 7) is 4.77. The monoisotopic (exact) mass is 580 g/mol. The molecule has 2 bridgehead atoms. The minimum Gasteiger partial charge on any atom is -0.461 e. The van der Waals surface area contributed by atoms with Crippen molar-refractivity contribution in [2.45, 2.75) is 62.8 Å². The van der Waals surface area contributed by atoms with Crippen LogP contribution in [0.5, 0.6) is 6.01 Å². The average Bonchev–Trinajstić information content (AvgIpc) is 3.70. The number of thiophene rings is 1. The Morgan fingerprint density at radius 2 is 2.00 bits per heavy atom. The van der Waals surface area contributed by atoms with Gasteiger partial charge in [-0.25, -0.2) is 13.2 Å². The van der Waals surface area contributed by atoms with E-state index in [4.69, 9.17) is 9.72 Å². The smallest absolute Gasteiger partial charge is 0.319 e. The van der Waals surface area contributed by atoms with Crippen molar-refractivity contribution in [3.05, 3.63) is 40.9 Å². The highest BCUT2D eigenvalue weighted by Gasteiger charge is 2.49. The van der Waals surface area contributed by atoms with Crippen molar-refractivity contribution < 1.29 is 17.9 Å². The van der Waals surface area contributed by atoms with Crippen LogP contribution in [0, 0.1) is 18.6 Å². The molecule has 3 aromatic heterocycles. The van der Waals surface area contributed by atoms with Crippen molar-refractivity contribution in [1.29, 1.82) is 0 Å². The van der Waals surface area contributed by atoms with E-state index < -0.39 is 23.3 Å². The van der Waals surface area contributed by atoms with Gasteiger partial charge in [0.2, 0.25) is 0 Å². The summed E-state index contributed by atoms with van der Waals surface area (Å²) in [5.41, 5.74) is 0.598. The Kier molecular flexibility index (Phi) is 5.95. The SMILES string of the molecule is Cc1csc2ccnc(-c3c(F)cc4c(N5CC6CCC(C5)N6)nc(OC[C@@]56CCCN5C[C@H](F)C6)nc4c3F)c12. The van der Waals surface area contributed by atoms with Crippen LogP contribution in [0.15, 0.2) is 23.7 Å². The van der Waals surface area contributed by atoms with Crippen LogP contribution in [0.1, 0.15) is 37.7 Å². The van der Waals surface area contributed by atoms with Crippen LogP contribution < -0.4 is 15.0 Å². The Labute approximate surface area is 239 Å². The first-order valence-corrected chi connectivity index (χ1v) is 15.3. The number of hydrogen-bond acceptors (Lipinski definition) is 8. The number of pyridine rings is 1. The van der Waals surface area contributed by atoms with Gasteiger partial charge in [-0.05, 0) is 62.2 Å². The van der Waals surface area contributed by atoms with E-state index in [1.54, 1.807) is 6.20 Å². The second-order valence-electron chi connectivity index (χ2n) is 12.1. The highest BCUT2D eigenvalue weighted by atomic mass is 32.1. The lowest BCUT2D eigenvalue weighted by Gasteiger charge is -2.34. The molecule has 0 radical (unpaired) electrons. The van der Waals surface area contributed by atoms with Crippen LogP contribution in [0.3, 0.4) is 0 Å². The Bertz CT molecular complexity index is 1670. The molecule has 4 aliphatic heterocycles. The molecule has 0 spiro atoms. The molecule has 2 unspecified atom stereocenters. The zero-order chi connectivity index (χ0) is 27.9. The number of benzene rings is 1. The van der Waals surface area contributed by atoms with Crippen LogP contribution in [-0.2, 0) is 0 Å². The first kappa shape index (κ1) is 25.7. The van der Waals surface area contributed by atoms with Crippen LogP contribution in [0.4, 0.5) is 19.0 Å². The molecule has 1 aromatic carbocycles. The van der Waals surface area contributed by atoms with Gasteiger partial charge in [0.15, 0.2) is 5.82 Å². The molecule has 11 heteroatoms. The third-order valence-electron chi connectivity index (χ3n) is 9.50. The minimum absolute atomic E-state index is 0.00883. The van der Waals surface area contributed by atoms with Gasteiger partial charge in [0.25, 0.3) is 0 Å². The van der Waals surface area contributed by atoms with Gasteiger partial charge in [0, 0.05) is 59.8 Å². The average molecular weight is 581 g/mol. The van der Waals surface area contributed by atoms with Crippen LogP contribution in [0.25, 0.3) is 32.2 Å². The molecule has 4 fully saturated rings. The molecule has 8 rings (SSSR count). The number of aromatic nitrogens is 3. The number of ether oxygens (including phenoxy) is 1. The van der Waals surface area contributed by atoms with Crippen LogP contribution in [0.2, 0.25) is 0 Å². The summed E-state index contributed by atoms with van der Waals surface area (Å²) in [5, 5.41) is 6.62. The lowest BCUT2D eigenvalue weighted by atomic mass is 9.95. The maximum atomic E-state index is 16.6. The van der Waals surface area contributed by atoms with E-state index in [1.165, 1.54) is 17.4 Å². The van der Waals surface area contributed by atoms with Crippen molar-refractivity contribution in [1.82, 2.24) is 25.2 Å². The van der Waals surface area contributed by atoms with Gasteiger partial charge in [-0.3, -0.25) is 9.88 Å². The van der Waals surface area contributed by atoms with Gasteiger partial charge in [0.1, 0.15) is 29.9 Å². The maximum absolute atomic E-state index is 16.6. The fourth-order valence-corrected chi connectivity index (χ4v) is 8.56. The lowest BCUT2D eigenvalue weighted by Crippen LogP contribution is -2.51. The number of nitrogens with one attached hydrogen (secondary N) is 1. The summed E-state index contributed by atoms with van der Waals surface area (Å²) in [6, 6.07) is 3.84. The van der Waals surface area contributed by atoms with E-state index in [0.29, 0.717) is 49.3 Å². The lowest BCUT2D eigenvalue weighted by molar-refractivity contribution is 0.107. The molecule has 214 valence electrons. The Morgan fingerprint density at radius 3 is 2.83 bits per heavy atom. The number of nitrogens with zero attached hydrogens (tertiary/aromatic N) is 5. The molecule has 4 atom stereocenters. The highest BCUT2D eigenvalue weighted by Crippen LogP contribution is 2.42. The molecule has 7 heterocycles. The van der Waals surface area contributed by atoms with Crippen molar-refractivity contribution in [2.75, 3.05) is 37.7 Å². The number of halogens is 3. The maximum Gasteiger partial charge on any atom is 0.319 e. The number of hydrogen-bond donors (Lipinski definition) is 1. The number of piperazine rings is 1. The van der Waals surface area contributed by atoms with Crippen molar-refractivity contribution in [2.24, 2.45) is 0 Å². The predicted molar refractivity (Wildman–Crippen MR) is 154 cm³/mol. The second kappa shape index (κ2) is 9.50. The summed E-state index contributed by atoms with van der Waals surface area (Å²) < 4.78 is 54.0. The molecular formula is C30H31F3N6OS. The number of aryl methyl sites for hydroxylation is 1. The highest BCUT2D eigenvalue weighted by molar-refractivity contribution is 7.17. The molecule has 4 aromatic rings. The second-order valence-corrected chi connectivity index (χ2v) is 13.0. The van der Waals surface area contributed by atoms with Gasteiger partial charge in [-0.2, -0.15) is 9.97 Å². The summed E-state index contributed by atoms with van der Waals surface area (Å²) in [6.07, 6.45) is 5.04. The van der Waals surface area contributed by atoms with Gasteiger partial charge in [0.05, 0.1) is 16.8 Å².